The van der Waals surface area contributed by atoms with Crippen LogP contribution >= 0.6 is 12.9 Å². The van der Waals surface area contributed by atoms with Crippen LogP contribution in [0.3, 0.4) is 0 Å². The molecule has 4 heteroatoms. The molecule has 0 aromatic carbocycles. The van der Waals surface area contributed by atoms with Crippen molar-refractivity contribution >= 4 is 31.1 Å². The number of halogens is 1. The minimum absolute atomic E-state index is 0.00654. The van der Waals surface area contributed by atoms with E-state index in [2.05, 4.69) is 40.6 Å². The molecular formula is C17H35BrMgO2. The molecule has 0 fully saturated rings. The van der Waals surface area contributed by atoms with Crippen LogP contribution in [0, 0.1) is 11.8 Å². The Bertz CT molecular complexity index is 217. The van der Waals surface area contributed by atoms with E-state index < -0.39 is 0 Å². The predicted molar refractivity (Wildman–Crippen MR) is 97.2 cm³/mol. The molecule has 0 spiro atoms. The van der Waals surface area contributed by atoms with E-state index in [9.17, 15) is 0 Å². The molecule has 0 bridgehead atoms. The van der Waals surface area contributed by atoms with E-state index >= 15 is 0 Å². The third kappa shape index (κ3) is 15.8. The summed E-state index contributed by atoms with van der Waals surface area (Å²) in [7, 11) is 0. The van der Waals surface area contributed by atoms with Crippen LogP contribution in [-0.2, 0) is 9.47 Å². The van der Waals surface area contributed by atoms with E-state index in [0.29, 0.717) is 6.79 Å². The highest BCUT2D eigenvalue weighted by Crippen LogP contribution is 2.25. The first-order valence-corrected chi connectivity index (χ1v) is 13.5. The van der Waals surface area contributed by atoms with E-state index in [-0.39, 0.29) is 18.2 Å². The predicted octanol–water partition coefficient (Wildman–Crippen LogP) is 5.82. The standard InChI is InChI=1S/C17H35O2.BrH.Mg/c1-5-7-8-12-18-15-19-13-9-11-17(4)14-16(3)10-6-2;;/h6,16-17H,5,7-15H2,1-4H3;1H;/q;;+1/p-1. The second-order valence-electron chi connectivity index (χ2n) is 6.72. The Morgan fingerprint density at radius 1 is 0.905 bits per heavy atom. The number of rotatable bonds is 15. The van der Waals surface area contributed by atoms with Gasteiger partial charge in [-0.15, -0.1) is 4.05 Å². The van der Waals surface area contributed by atoms with Gasteiger partial charge in [-0.1, -0.05) is 47.0 Å². The molecular weight excluding hydrogens is 340 g/mol. The highest BCUT2D eigenvalue weighted by atomic mass is 79.9. The summed E-state index contributed by atoms with van der Waals surface area (Å²) in [6.07, 6.45) is 8.85. The minimum atomic E-state index is 0.00654. The fraction of sp³-hybridized carbons (Fsp3) is 1.00. The van der Waals surface area contributed by atoms with Gasteiger partial charge in [0.1, 0.15) is 6.79 Å². The van der Waals surface area contributed by atoms with Crippen LogP contribution in [0.5, 0.6) is 0 Å². The van der Waals surface area contributed by atoms with E-state index in [1.165, 1.54) is 32.1 Å². The second kappa shape index (κ2) is 16.0. The van der Waals surface area contributed by atoms with Crippen molar-refractivity contribution in [1.29, 1.82) is 0 Å². The van der Waals surface area contributed by atoms with E-state index in [4.69, 9.17) is 9.47 Å². The summed E-state index contributed by atoms with van der Waals surface area (Å²) in [6.45, 7) is 11.5. The summed E-state index contributed by atoms with van der Waals surface area (Å²) in [5, 5.41) is 0. The Hall–Kier alpha value is 1.17. The van der Waals surface area contributed by atoms with Gasteiger partial charge in [-0.25, -0.2) is 0 Å². The van der Waals surface area contributed by atoms with E-state index in [1.807, 2.05) is 0 Å². The lowest BCUT2D eigenvalue weighted by Gasteiger charge is -2.19. The molecule has 3 atom stereocenters. The van der Waals surface area contributed by atoms with Crippen molar-refractivity contribution in [2.75, 3.05) is 20.0 Å². The van der Waals surface area contributed by atoms with Crippen LogP contribution in [0.15, 0.2) is 0 Å². The monoisotopic (exact) mass is 374 g/mol. The van der Waals surface area contributed by atoms with Gasteiger partial charge in [-0.2, -0.15) is 0 Å². The average Bonchev–Trinajstić information content (AvgIpc) is 2.45. The Morgan fingerprint density at radius 3 is 2.19 bits per heavy atom. The van der Waals surface area contributed by atoms with Crippen molar-refractivity contribution in [1.82, 2.24) is 0 Å². The van der Waals surface area contributed by atoms with Gasteiger partial charge in [0, 0.05) is 13.2 Å². The van der Waals surface area contributed by atoms with Gasteiger partial charge in [0.05, 0.1) is 0 Å². The third-order valence-corrected chi connectivity index (χ3v) is 8.09. The fourth-order valence-electron chi connectivity index (χ4n) is 2.82. The molecule has 3 unspecified atom stereocenters. The lowest BCUT2D eigenvalue weighted by Crippen LogP contribution is -2.08. The van der Waals surface area contributed by atoms with Gasteiger partial charge >= 0.3 is 18.2 Å². The van der Waals surface area contributed by atoms with E-state index in [0.717, 1.165) is 41.9 Å². The normalized spacial score (nSPS) is 15.5. The van der Waals surface area contributed by atoms with Gasteiger partial charge in [-0.05, 0) is 37.5 Å². The van der Waals surface area contributed by atoms with Gasteiger partial charge in [-0.3, -0.25) is 0 Å². The molecule has 0 aromatic heterocycles. The summed E-state index contributed by atoms with van der Waals surface area (Å²) in [5.74, 6) is 1.68. The zero-order chi connectivity index (χ0) is 15.9. The van der Waals surface area contributed by atoms with Crippen LogP contribution in [0.2, 0.25) is 4.05 Å². The third-order valence-electron chi connectivity index (χ3n) is 3.92. The van der Waals surface area contributed by atoms with Crippen molar-refractivity contribution < 1.29 is 9.47 Å². The molecule has 0 heterocycles. The molecule has 0 saturated carbocycles. The zero-order valence-electron chi connectivity index (χ0n) is 14.7. The summed E-state index contributed by atoms with van der Waals surface area (Å²) >= 11 is 3.71. The molecule has 0 amide bonds. The van der Waals surface area contributed by atoms with Crippen molar-refractivity contribution in [3.8, 4) is 0 Å². The average molecular weight is 376 g/mol. The number of hydrogen-bond donors (Lipinski definition) is 0. The lowest BCUT2D eigenvalue weighted by atomic mass is 9.91. The van der Waals surface area contributed by atoms with Crippen LogP contribution in [0.4, 0.5) is 0 Å². The highest BCUT2D eigenvalue weighted by molar-refractivity contribution is 9.23. The molecule has 0 aliphatic rings. The van der Waals surface area contributed by atoms with Gasteiger partial charge < -0.3 is 22.4 Å². The zero-order valence-corrected chi connectivity index (χ0v) is 17.7. The van der Waals surface area contributed by atoms with E-state index in [1.54, 1.807) is 0 Å². The Labute approximate surface area is 148 Å². The Kier molecular flexibility index (Phi) is 16.9. The second-order valence-corrected chi connectivity index (χ2v) is 10.4. The van der Waals surface area contributed by atoms with Crippen molar-refractivity contribution in [2.45, 2.75) is 76.7 Å². The van der Waals surface area contributed by atoms with Crippen LogP contribution in [-0.4, -0.2) is 38.2 Å². The van der Waals surface area contributed by atoms with Gasteiger partial charge in [0.2, 0.25) is 0 Å². The minimum Gasteiger partial charge on any atom is -0.355 e. The SMILES string of the molecule is CCCCCOCOCCCC(C)CC(C)C[CH](C)[Mg][Br]. The molecule has 0 aromatic rings. The maximum absolute atomic E-state index is 5.53. The number of hydrogen-bond acceptors (Lipinski definition) is 2. The summed E-state index contributed by atoms with van der Waals surface area (Å²) < 4.78 is 11.9. The van der Waals surface area contributed by atoms with Crippen molar-refractivity contribution in [3.63, 3.8) is 0 Å². The van der Waals surface area contributed by atoms with Crippen LogP contribution in [0.1, 0.15) is 72.6 Å². The molecule has 0 rings (SSSR count). The lowest BCUT2D eigenvalue weighted by molar-refractivity contribution is -0.0560. The maximum atomic E-state index is 5.53. The molecule has 2 nitrogen and oxygen atoms in total. The summed E-state index contributed by atoms with van der Waals surface area (Å²) in [6, 6.07) is 0. The number of unbranched alkanes of at least 4 members (excludes halogenated alkanes) is 2. The maximum Gasteiger partial charge on any atom is 0.471 e. The Balaban J connectivity index is 3.35. The first kappa shape index (κ1) is 22.2. The smallest absolute Gasteiger partial charge is 0.355 e. The molecule has 21 heavy (non-hydrogen) atoms. The molecule has 0 radical (unpaired) electrons. The largest absolute Gasteiger partial charge is 0.471 e. The molecule has 0 saturated heterocycles. The first-order chi connectivity index (χ1) is 10.1. The summed E-state index contributed by atoms with van der Waals surface area (Å²) in [4.78, 5) is 0. The van der Waals surface area contributed by atoms with Crippen LogP contribution in [0.25, 0.3) is 0 Å². The summed E-state index contributed by atoms with van der Waals surface area (Å²) in [5.41, 5.74) is 0. The van der Waals surface area contributed by atoms with Crippen LogP contribution < -0.4 is 0 Å². The molecule has 0 N–H and O–H groups in total. The molecule has 124 valence electrons. The first-order valence-electron chi connectivity index (χ1n) is 8.81. The number of ether oxygens (including phenoxy) is 2. The quantitative estimate of drug-likeness (QED) is 0.204. The molecule has 0 aliphatic heterocycles. The fourth-order valence-corrected chi connectivity index (χ4v) is 4.30. The van der Waals surface area contributed by atoms with Gasteiger partial charge in [0.15, 0.2) is 0 Å². The van der Waals surface area contributed by atoms with Crippen molar-refractivity contribution in [3.05, 3.63) is 0 Å². The molecule has 0 aliphatic carbocycles. The topological polar surface area (TPSA) is 18.5 Å². The Morgan fingerprint density at radius 2 is 1.57 bits per heavy atom. The van der Waals surface area contributed by atoms with Crippen molar-refractivity contribution in [2.24, 2.45) is 11.8 Å². The van der Waals surface area contributed by atoms with Gasteiger partial charge in [0.25, 0.3) is 0 Å². The highest BCUT2D eigenvalue weighted by Gasteiger charge is 2.13.